The number of rotatable bonds is 7. The Morgan fingerprint density at radius 1 is 1.16 bits per heavy atom. The summed E-state index contributed by atoms with van der Waals surface area (Å²) in [6, 6.07) is 12.1. The van der Waals surface area contributed by atoms with E-state index in [-0.39, 0.29) is 25.5 Å². The fourth-order valence-electron chi connectivity index (χ4n) is 4.53. The summed E-state index contributed by atoms with van der Waals surface area (Å²) in [4.78, 5) is 23.5. The summed E-state index contributed by atoms with van der Waals surface area (Å²) >= 11 is 0. The SMILES string of the molecule is CC1CN(c2ncccc2C(=O)NS(=O)(=O)c2cccc(Nc3cccc(OC(F)(F)F)c3)n2)C(C)(C)C1.[HH].[HH]. The van der Waals surface area contributed by atoms with Gasteiger partial charge in [0.1, 0.15) is 17.4 Å². The topological polar surface area (TPSA) is 114 Å². The second-order valence-electron chi connectivity index (χ2n) is 9.60. The number of benzene rings is 1. The Labute approximate surface area is 221 Å². The highest BCUT2D eigenvalue weighted by Crippen LogP contribution is 2.37. The predicted octanol–water partition coefficient (Wildman–Crippen LogP) is 5.35. The molecule has 1 aliphatic heterocycles. The zero-order valence-corrected chi connectivity index (χ0v) is 21.6. The molecule has 0 radical (unpaired) electrons. The van der Waals surface area contributed by atoms with Crippen LogP contribution in [0.3, 0.4) is 0 Å². The van der Waals surface area contributed by atoms with E-state index in [0.717, 1.165) is 18.6 Å². The Bertz CT molecular complexity index is 1460. The van der Waals surface area contributed by atoms with Crippen LogP contribution in [-0.4, -0.2) is 42.7 Å². The van der Waals surface area contributed by atoms with E-state index in [1.54, 1.807) is 12.3 Å². The van der Waals surface area contributed by atoms with Gasteiger partial charge >= 0.3 is 6.36 Å². The van der Waals surface area contributed by atoms with Gasteiger partial charge in [0.2, 0.25) is 0 Å². The number of nitrogens with one attached hydrogen (secondary N) is 2. The Balaban J connectivity index is 0.00000280. The number of sulfonamides is 1. The number of alkyl halides is 3. The second-order valence-corrected chi connectivity index (χ2v) is 11.2. The van der Waals surface area contributed by atoms with Crippen LogP contribution in [0.15, 0.2) is 65.8 Å². The summed E-state index contributed by atoms with van der Waals surface area (Å²) in [6.07, 6.45) is -2.43. The molecule has 1 fully saturated rings. The molecule has 1 saturated heterocycles. The molecule has 2 N–H and O–H groups in total. The lowest BCUT2D eigenvalue weighted by Crippen LogP contribution is -2.41. The minimum atomic E-state index is -4.86. The summed E-state index contributed by atoms with van der Waals surface area (Å²) in [5.41, 5.74) is 0.0142. The third-order valence-corrected chi connectivity index (χ3v) is 7.16. The minimum Gasteiger partial charge on any atom is -0.406 e. The van der Waals surface area contributed by atoms with Crippen molar-refractivity contribution in [1.29, 1.82) is 0 Å². The number of anilines is 3. The highest BCUT2D eigenvalue weighted by atomic mass is 32.2. The lowest BCUT2D eigenvalue weighted by molar-refractivity contribution is -0.274. The average Bonchev–Trinajstić information content (AvgIpc) is 3.09. The Morgan fingerprint density at radius 3 is 2.58 bits per heavy atom. The molecule has 1 atom stereocenters. The second kappa shape index (κ2) is 10.1. The van der Waals surface area contributed by atoms with Crippen LogP contribution >= 0.6 is 0 Å². The van der Waals surface area contributed by atoms with Gasteiger partial charge in [0, 0.05) is 32.9 Å². The number of carbonyl (C=O) groups excluding carboxylic acids is 1. The van der Waals surface area contributed by atoms with E-state index >= 15 is 0 Å². The summed E-state index contributed by atoms with van der Waals surface area (Å²) < 4.78 is 69.6. The van der Waals surface area contributed by atoms with Crippen molar-refractivity contribution in [3.63, 3.8) is 0 Å². The molecule has 13 heteroatoms. The Hall–Kier alpha value is -3.87. The number of ether oxygens (including phenoxy) is 1. The minimum absolute atomic E-state index is 0. The lowest BCUT2D eigenvalue weighted by Gasteiger charge is -2.33. The maximum atomic E-state index is 13.1. The first-order valence-electron chi connectivity index (χ1n) is 11.6. The van der Waals surface area contributed by atoms with Gasteiger partial charge in [-0.2, -0.15) is 8.42 Å². The molecule has 0 spiro atoms. The van der Waals surface area contributed by atoms with Gasteiger partial charge in [0.15, 0.2) is 5.03 Å². The van der Waals surface area contributed by atoms with Crippen molar-refractivity contribution in [1.82, 2.24) is 14.7 Å². The Kier molecular flexibility index (Phi) is 7.24. The molecule has 4 rings (SSSR count). The van der Waals surface area contributed by atoms with E-state index in [2.05, 4.69) is 26.9 Å². The normalized spacial score (nSPS) is 17.2. The van der Waals surface area contributed by atoms with E-state index in [0.29, 0.717) is 18.3 Å². The molecule has 1 aliphatic rings. The van der Waals surface area contributed by atoms with E-state index in [9.17, 15) is 26.4 Å². The van der Waals surface area contributed by atoms with Crippen LogP contribution in [0.4, 0.5) is 30.5 Å². The molecular formula is C25H30F3N5O4S. The molecule has 206 valence electrons. The number of pyridine rings is 2. The predicted molar refractivity (Wildman–Crippen MR) is 139 cm³/mol. The third kappa shape index (κ3) is 6.33. The summed E-state index contributed by atoms with van der Waals surface area (Å²) in [6.45, 7) is 6.84. The maximum absolute atomic E-state index is 13.1. The van der Waals surface area contributed by atoms with Gasteiger partial charge < -0.3 is 15.0 Å². The van der Waals surface area contributed by atoms with Crippen LogP contribution in [0.1, 0.15) is 40.4 Å². The van der Waals surface area contributed by atoms with E-state index < -0.39 is 33.1 Å². The lowest BCUT2D eigenvalue weighted by atomic mass is 9.97. The number of hydrogen-bond donors (Lipinski definition) is 2. The summed E-state index contributed by atoms with van der Waals surface area (Å²) in [5, 5.41) is 2.28. The highest BCUT2D eigenvalue weighted by molar-refractivity contribution is 7.90. The Morgan fingerprint density at radius 2 is 1.89 bits per heavy atom. The zero-order valence-electron chi connectivity index (χ0n) is 20.8. The average molecular weight is 554 g/mol. The van der Waals surface area contributed by atoms with Crippen molar-refractivity contribution in [3.05, 3.63) is 66.4 Å². The van der Waals surface area contributed by atoms with Crippen molar-refractivity contribution < 1.29 is 34.0 Å². The molecule has 3 heterocycles. The quantitative estimate of drug-likeness (QED) is 0.402. The van der Waals surface area contributed by atoms with Crippen LogP contribution in [0.2, 0.25) is 0 Å². The molecule has 0 saturated carbocycles. The van der Waals surface area contributed by atoms with Gasteiger partial charge in [-0.25, -0.2) is 14.7 Å². The maximum Gasteiger partial charge on any atom is 0.573 e. The number of hydrogen-bond acceptors (Lipinski definition) is 8. The standard InChI is InChI=1S/C25H26F3N5O4S.2H2/c1-16-14-24(2,3)33(15-16)22-19(9-6-12-29-22)23(34)32-38(35,36)21-11-5-10-20(31-21)30-17-7-4-8-18(13-17)37-25(26,27)28;;/h4-13,16H,14-15H2,1-3H3,(H,30,31)(H,32,34);2*1H. The highest BCUT2D eigenvalue weighted by Gasteiger charge is 2.39. The molecule has 0 bridgehead atoms. The van der Waals surface area contributed by atoms with Gasteiger partial charge in [0.05, 0.1) is 5.56 Å². The molecule has 3 aromatic rings. The summed E-state index contributed by atoms with van der Waals surface area (Å²) in [5.74, 6) is -0.535. The zero-order chi connectivity index (χ0) is 27.7. The van der Waals surface area contributed by atoms with Crippen LogP contribution in [0, 0.1) is 5.92 Å². The van der Waals surface area contributed by atoms with Crippen molar-refractivity contribution in [2.45, 2.75) is 44.1 Å². The smallest absolute Gasteiger partial charge is 0.406 e. The molecule has 1 unspecified atom stereocenters. The first-order valence-corrected chi connectivity index (χ1v) is 13.1. The summed E-state index contributed by atoms with van der Waals surface area (Å²) in [7, 11) is -4.40. The van der Waals surface area contributed by atoms with Crippen molar-refractivity contribution in [2.24, 2.45) is 5.92 Å². The van der Waals surface area contributed by atoms with Crippen LogP contribution in [-0.2, 0) is 10.0 Å². The number of carbonyl (C=O) groups is 1. The molecule has 38 heavy (non-hydrogen) atoms. The molecule has 1 aromatic carbocycles. The fraction of sp³-hybridized carbons (Fsp3) is 0.320. The van der Waals surface area contributed by atoms with Crippen LogP contribution in [0.5, 0.6) is 5.75 Å². The van der Waals surface area contributed by atoms with Gasteiger partial charge in [-0.05, 0) is 62.6 Å². The third-order valence-electron chi connectivity index (χ3n) is 5.93. The first kappa shape index (κ1) is 27.2. The van der Waals surface area contributed by atoms with E-state index in [1.165, 1.54) is 36.4 Å². The van der Waals surface area contributed by atoms with Gasteiger partial charge in [-0.15, -0.1) is 13.2 Å². The fourth-order valence-corrected chi connectivity index (χ4v) is 5.47. The van der Waals surface area contributed by atoms with Gasteiger partial charge in [-0.3, -0.25) is 4.79 Å². The van der Waals surface area contributed by atoms with Crippen molar-refractivity contribution in [3.8, 4) is 5.75 Å². The molecule has 2 aromatic heterocycles. The number of amides is 1. The van der Waals surface area contributed by atoms with Crippen LogP contribution < -0.4 is 19.7 Å². The largest absolute Gasteiger partial charge is 0.573 e. The van der Waals surface area contributed by atoms with Gasteiger partial charge in [0.25, 0.3) is 15.9 Å². The number of halogens is 3. The van der Waals surface area contributed by atoms with Gasteiger partial charge in [-0.1, -0.05) is 19.1 Å². The monoisotopic (exact) mass is 553 g/mol. The number of aromatic nitrogens is 2. The van der Waals surface area contributed by atoms with E-state index in [1.807, 2.05) is 23.5 Å². The first-order chi connectivity index (χ1) is 17.7. The van der Waals surface area contributed by atoms with Crippen molar-refractivity contribution in [2.75, 3.05) is 16.8 Å². The number of nitrogens with zero attached hydrogens (tertiary/aromatic N) is 3. The van der Waals surface area contributed by atoms with E-state index in [4.69, 9.17) is 0 Å². The molecular weight excluding hydrogens is 523 g/mol. The molecule has 9 nitrogen and oxygen atoms in total. The molecule has 1 amide bonds. The van der Waals surface area contributed by atoms with Crippen LogP contribution in [0.25, 0.3) is 0 Å². The van der Waals surface area contributed by atoms with Crippen molar-refractivity contribution >= 4 is 33.3 Å². The molecule has 0 aliphatic carbocycles.